The van der Waals surface area contributed by atoms with Gasteiger partial charge in [-0.05, 0) is 45.3 Å². The van der Waals surface area contributed by atoms with Crippen molar-refractivity contribution in [3.63, 3.8) is 0 Å². The number of nitrogens with zero attached hydrogens (tertiary/aromatic N) is 1. The lowest BCUT2D eigenvalue weighted by molar-refractivity contribution is 0.678. The molecule has 0 amide bonds. The minimum atomic E-state index is -1.44. The zero-order chi connectivity index (χ0) is 11.6. The molecule has 2 heterocycles. The average Bonchev–Trinajstić information content (AvgIpc) is 2.99. The largest absolute Gasteiger partial charge is 0.328 e. The standard InChI is InChI=1S/C11H23N3Si2/c1-12-15(8-4-5-9-15)14(3)16(13-2)10-6-7-11-16/h4-7,12-13H,8-11H2,1-3H3. The van der Waals surface area contributed by atoms with Crippen LogP contribution in [0.4, 0.5) is 0 Å². The van der Waals surface area contributed by atoms with E-state index in [0.717, 1.165) is 0 Å². The van der Waals surface area contributed by atoms with Crippen LogP contribution in [0.5, 0.6) is 0 Å². The maximum Gasteiger partial charge on any atom is 0.205 e. The summed E-state index contributed by atoms with van der Waals surface area (Å²) in [6, 6.07) is 5.04. The van der Waals surface area contributed by atoms with E-state index in [-0.39, 0.29) is 0 Å². The topological polar surface area (TPSA) is 27.3 Å². The molecular formula is C11H23N3Si2. The molecule has 0 aromatic heterocycles. The van der Waals surface area contributed by atoms with Gasteiger partial charge in [-0.15, -0.1) is 0 Å². The number of nitrogens with one attached hydrogen (secondary N) is 2. The van der Waals surface area contributed by atoms with Crippen LogP contribution in [0.15, 0.2) is 24.3 Å². The molecule has 0 bridgehead atoms. The maximum atomic E-state index is 3.68. The molecule has 0 spiro atoms. The first-order chi connectivity index (χ1) is 7.69. The highest BCUT2D eigenvalue weighted by molar-refractivity contribution is 6.92. The van der Waals surface area contributed by atoms with E-state index in [1.807, 2.05) is 0 Å². The third-order valence-electron chi connectivity index (χ3n) is 4.37. The Kier molecular flexibility index (Phi) is 3.51. The fraction of sp³-hybridized carbons (Fsp3) is 0.636. The Balaban J connectivity index is 2.19. The predicted molar refractivity (Wildman–Crippen MR) is 74.9 cm³/mol. The van der Waals surface area contributed by atoms with Gasteiger partial charge >= 0.3 is 0 Å². The summed E-state index contributed by atoms with van der Waals surface area (Å²) in [5, 5.41) is 0. The van der Waals surface area contributed by atoms with E-state index < -0.39 is 16.8 Å². The third-order valence-corrected chi connectivity index (χ3v) is 15.0. The Morgan fingerprint density at radius 2 is 1.12 bits per heavy atom. The zero-order valence-corrected chi connectivity index (χ0v) is 12.6. The fourth-order valence-electron chi connectivity index (χ4n) is 2.98. The van der Waals surface area contributed by atoms with Gasteiger partial charge in [-0.1, -0.05) is 24.3 Å². The Morgan fingerprint density at radius 1 is 0.812 bits per heavy atom. The van der Waals surface area contributed by atoms with Gasteiger partial charge in [0, 0.05) is 0 Å². The Morgan fingerprint density at radius 3 is 1.38 bits per heavy atom. The lowest BCUT2D eigenvalue weighted by Gasteiger charge is -2.46. The Labute approximate surface area is 101 Å². The third kappa shape index (κ3) is 1.76. The first-order valence-electron chi connectivity index (χ1n) is 6.11. The van der Waals surface area contributed by atoms with Crippen molar-refractivity contribution in [1.29, 1.82) is 0 Å². The monoisotopic (exact) mass is 253 g/mol. The summed E-state index contributed by atoms with van der Waals surface area (Å²) in [7, 11) is 3.78. The van der Waals surface area contributed by atoms with Crippen LogP contribution in [-0.4, -0.2) is 42.2 Å². The van der Waals surface area contributed by atoms with Gasteiger partial charge in [0.15, 0.2) is 0 Å². The van der Waals surface area contributed by atoms with Crippen molar-refractivity contribution in [3.8, 4) is 0 Å². The minimum Gasteiger partial charge on any atom is -0.328 e. The van der Waals surface area contributed by atoms with Crippen LogP contribution in [0.3, 0.4) is 0 Å². The summed E-state index contributed by atoms with van der Waals surface area (Å²) in [5.41, 5.74) is 0. The second kappa shape index (κ2) is 4.58. The molecule has 0 aromatic carbocycles. The summed E-state index contributed by atoms with van der Waals surface area (Å²) in [5.74, 6) is 0. The van der Waals surface area contributed by atoms with E-state index in [1.54, 1.807) is 0 Å². The molecule has 2 aliphatic rings. The van der Waals surface area contributed by atoms with Crippen molar-refractivity contribution in [2.24, 2.45) is 0 Å². The molecule has 0 radical (unpaired) electrons. The number of rotatable bonds is 4. The maximum absolute atomic E-state index is 3.68. The molecule has 0 atom stereocenters. The number of hydrogen-bond donors (Lipinski definition) is 2. The first kappa shape index (κ1) is 12.3. The van der Waals surface area contributed by atoms with Gasteiger partial charge < -0.3 is 14.2 Å². The molecule has 0 aliphatic carbocycles. The lowest BCUT2D eigenvalue weighted by Crippen LogP contribution is -2.73. The van der Waals surface area contributed by atoms with Crippen LogP contribution >= 0.6 is 0 Å². The SMILES string of the molecule is CN[Si]1(N(C)[Si]2(NC)CC=CC2)CC=CC1. The quantitative estimate of drug-likeness (QED) is 0.585. The number of allylic oxidation sites excluding steroid dienone is 4. The molecule has 0 aromatic rings. The van der Waals surface area contributed by atoms with Crippen LogP contribution in [0, 0.1) is 0 Å². The highest BCUT2D eigenvalue weighted by atomic mass is 28.4. The molecule has 3 nitrogen and oxygen atoms in total. The van der Waals surface area contributed by atoms with Crippen molar-refractivity contribution in [1.82, 2.24) is 14.2 Å². The highest BCUT2D eigenvalue weighted by Crippen LogP contribution is 2.32. The molecule has 5 heteroatoms. The van der Waals surface area contributed by atoms with Gasteiger partial charge in [-0.2, -0.15) is 0 Å². The van der Waals surface area contributed by atoms with Crippen LogP contribution in [0.1, 0.15) is 0 Å². The van der Waals surface area contributed by atoms with Crippen molar-refractivity contribution in [2.45, 2.75) is 24.2 Å². The molecule has 2 aliphatic heterocycles. The van der Waals surface area contributed by atoms with Crippen molar-refractivity contribution < 1.29 is 0 Å². The van der Waals surface area contributed by atoms with Crippen LogP contribution in [-0.2, 0) is 0 Å². The molecule has 2 N–H and O–H groups in total. The van der Waals surface area contributed by atoms with Crippen molar-refractivity contribution >= 4 is 16.8 Å². The van der Waals surface area contributed by atoms with Gasteiger partial charge in [0.25, 0.3) is 0 Å². The second-order valence-corrected chi connectivity index (χ2v) is 13.4. The Hall–Kier alpha value is -0.206. The average molecular weight is 253 g/mol. The molecule has 2 rings (SSSR count). The van der Waals surface area contributed by atoms with Gasteiger partial charge in [-0.25, -0.2) is 0 Å². The van der Waals surface area contributed by atoms with Gasteiger partial charge in [-0.3, -0.25) is 0 Å². The minimum absolute atomic E-state index is 1.26. The van der Waals surface area contributed by atoms with E-state index >= 15 is 0 Å². The summed E-state index contributed by atoms with van der Waals surface area (Å²) in [4.78, 5) is 7.36. The van der Waals surface area contributed by atoms with Gasteiger partial charge in [0.1, 0.15) is 0 Å². The lowest BCUT2D eigenvalue weighted by atomic mass is 10.6. The second-order valence-electron chi connectivity index (χ2n) is 4.88. The summed E-state index contributed by atoms with van der Waals surface area (Å²) < 4.78 is 2.76. The molecular weight excluding hydrogens is 230 g/mol. The first-order valence-corrected chi connectivity index (χ1v) is 10.8. The highest BCUT2D eigenvalue weighted by Gasteiger charge is 2.49. The molecule has 0 fully saturated rings. The molecule has 0 saturated carbocycles. The summed E-state index contributed by atoms with van der Waals surface area (Å²) >= 11 is 0. The normalized spacial score (nSPS) is 25.8. The summed E-state index contributed by atoms with van der Waals surface area (Å²) in [6.45, 7) is 0. The fourth-order valence-corrected chi connectivity index (χ4v) is 13.2. The van der Waals surface area contributed by atoms with Crippen molar-refractivity contribution in [3.05, 3.63) is 24.3 Å². The van der Waals surface area contributed by atoms with E-state index in [2.05, 4.69) is 59.6 Å². The molecule has 90 valence electrons. The van der Waals surface area contributed by atoms with E-state index in [9.17, 15) is 0 Å². The predicted octanol–water partition coefficient (Wildman–Crippen LogP) is 1.38. The molecule has 16 heavy (non-hydrogen) atoms. The van der Waals surface area contributed by atoms with Gasteiger partial charge in [0.05, 0.1) is 0 Å². The van der Waals surface area contributed by atoms with Crippen molar-refractivity contribution in [2.75, 3.05) is 21.1 Å². The zero-order valence-electron chi connectivity index (χ0n) is 10.6. The van der Waals surface area contributed by atoms with E-state index in [4.69, 9.17) is 0 Å². The molecule has 0 unspecified atom stereocenters. The number of hydrogen-bond acceptors (Lipinski definition) is 3. The van der Waals surface area contributed by atoms with Crippen LogP contribution in [0.2, 0.25) is 24.2 Å². The van der Waals surface area contributed by atoms with Crippen LogP contribution in [0.25, 0.3) is 0 Å². The van der Waals surface area contributed by atoms with E-state index in [0.29, 0.717) is 0 Å². The smallest absolute Gasteiger partial charge is 0.205 e. The Bertz CT molecular complexity index is 268. The van der Waals surface area contributed by atoms with Crippen LogP contribution < -0.4 is 9.96 Å². The van der Waals surface area contributed by atoms with Gasteiger partial charge in [0.2, 0.25) is 16.8 Å². The summed E-state index contributed by atoms with van der Waals surface area (Å²) in [6.07, 6.45) is 9.44. The van der Waals surface area contributed by atoms with E-state index in [1.165, 1.54) is 24.2 Å². The molecule has 0 saturated heterocycles.